The average molecular weight is 214 g/mol. The van der Waals surface area contributed by atoms with E-state index in [1.165, 1.54) is 0 Å². The topological polar surface area (TPSA) is 107 Å². The van der Waals surface area contributed by atoms with E-state index in [0.29, 0.717) is 0 Å². The highest BCUT2D eigenvalue weighted by molar-refractivity contribution is 6.45. The van der Waals surface area contributed by atoms with Crippen LogP contribution in [0.2, 0.25) is 0 Å². The summed E-state index contributed by atoms with van der Waals surface area (Å²) in [5.41, 5.74) is -0.730. The molecule has 8 heteroatoms. The standard InChI is InChI=1S/C6H6N2O5Si/c9-7(10)4-1-5(8(11)12)3-6(2-4)14-13/h1-3,13H,14H2. The Balaban J connectivity index is 3.27. The van der Waals surface area contributed by atoms with Crippen LogP contribution in [0, 0.1) is 20.2 Å². The molecule has 0 aliphatic carbocycles. The van der Waals surface area contributed by atoms with Gasteiger partial charge in [-0.2, -0.15) is 0 Å². The van der Waals surface area contributed by atoms with Gasteiger partial charge in [0.2, 0.25) is 0 Å². The molecule has 0 saturated heterocycles. The number of hydrogen-bond donors (Lipinski definition) is 1. The molecule has 1 aromatic carbocycles. The number of non-ortho nitro benzene ring substituents is 2. The van der Waals surface area contributed by atoms with Gasteiger partial charge in [0.05, 0.1) is 15.9 Å². The van der Waals surface area contributed by atoms with E-state index in [9.17, 15) is 20.2 Å². The van der Waals surface area contributed by atoms with Gasteiger partial charge in [-0.3, -0.25) is 20.2 Å². The first-order valence-electron chi connectivity index (χ1n) is 3.58. The van der Waals surface area contributed by atoms with Crippen molar-refractivity contribution in [3.05, 3.63) is 38.4 Å². The summed E-state index contributed by atoms with van der Waals surface area (Å²) >= 11 is 0. The Hall–Kier alpha value is -1.80. The molecule has 0 saturated carbocycles. The van der Waals surface area contributed by atoms with Gasteiger partial charge in [0.25, 0.3) is 11.4 Å². The van der Waals surface area contributed by atoms with E-state index in [-0.39, 0.29) is 16.6 Å². The summed E-state index contributed by atoms with van der Waals surface area (Å²) in [6, 6.07) is 3.17. The van der Waals surface area contributed by atoms with Crippen LogP contribution < -0.4 is 5.19 Å². The molecule has 0 unspecified atom stereocenters. The lowest BCUT2D eigenvalue weighted by molar-refractivity contribution is -0.394. The summed E-state index contributed by atoms with van der Waals surface area (Å²) < 4.78 is 0. The molecule has 0 fully saturated rings. The monoisotopic (exact) mass is 214 g/mol. The van der Waals surface area contributed by atoms with Crippen molar-refractivity contribution >= 4 is 26.3 Å². The van der Waals surface area contributed by atoms with Crippen LogP contribution in [0.5, 0.6) is 0 Å². The zero-order chi connectivity index (χ0) is 10.7. The minimum Gasteiger partial charge on any atom is -0.433 e. The number of hydrogen-bond acceptors (Lipinski definition) is 5. The van der Waals surface area contributed by atoms with Crippen molar-refractivity contribution in [2.45, 2.75) is 0 Å². The van der Waals surface area contributed by atoms with Crippen LogP contribution in [0.3, 0.4) is 0 Å². The zero-order valence-electron chi connectivity index (χ0n) is 6.91. The maximum absolute atomic E-state index is 10.4. The van der Waals surface area contributed by atoms with Crippen LogP contribution in [0.15, 0.2) is 18.2 Å². The van der Waals surface area contributed by atoms with Gasteiger partial charge in [-0.1, -0.05) is 0 Å². The maximum Gasteiger partial charge on any atom is 0.276 e. The average Bonchev–Trinajstić information content (AvgIpc) is 2.16. The molecule has 0 aromatic heterocycles. The molecule has 74 valence electrons. The van der Waals surface area contributed by atoms with Gasteiger partial charge in [-0.15, -0.1) is 0 Å². The first kappa shape index (κ1) is 10.3. The fourth-order valence-electron chi connectivity index (χ4n) is 0.959. The van der Waals surface area contributed by atoms with Gasteiger partial charge in [0.1, 0.15) is 0 Å². The summed E-state index contributed by atoms with van der Waals surface area (Å²) in [6.45, 7) is 0. The van der Waals surface area contributed by atoms with Crippen LogP contribution in [0.4, 0.5) is 11.4 Å². The fourth-order valence-corrected chi connectivity index (χ4v) is 1.56. The van der Waals surface area contributed by atoms with Crippen LogP contribution in [0.1, 0.15) is 0 Å². The molecule has 7 nitrogen and oxygen atoms in total. The predicted molar refractivity (Wildman–Crippen MR) is 50.1 cm³/mol. The highest BCUT2D eigenvalue weighted by atomic mass is 28.2. The molecule has 0 aliphatic heterocycles. The molecule has 0 radical (unpaired) electrons. The number of benzene rings is 1. The summed E-state index contributed by atoms with van der Waals surface area (Å²) in [5.74, 6) is 0. The lowest BCUT2D eigenvalue weighted by atomic mass is 10.3. The third-order valence-electron chi connectivity index (χ3n) is 1.57. The molecular weight excluding hydrogens is 208 g/mol. The van der Waals surface area contributed by atoms with Gasteiger partial charge in [-0.25, -0.2) is 0 Å². The van der Waals surface area contributed by atoms with Crippen molar-refractivity contribution < 1.29 is 14.6 Å². The van der Waals surface area contributed by atoms with Gasteiger partial charge < -0.3 is 4.80 Å². The predicted octanol–water partition coefficient (Wildman–Crippen LogP) is -0.796. The third-order valence-corrected chi connectivity index (χ3v) is 2.34. The van der Waals surface area contributed by atoms with Crippen LogP contribution in [-0.2, 0) is 0 Å². The van der Waals surface area contributed by atoms with Crippen molar-refractivity contribution in [1.82, 2.24) is 0 Å². The van der Waals surface area contributed by atoms with Gasteiger partial charge in [0.15, 0.2) is 9.76 Å². The van der Waals surface area contributed by atoms with Crippen molar-refractivity contribution in [3.8, 4) is 0 Å². The van der Waals surface area contributed by atoms with Crippen LogP contribution in [0.25, 0.3) is 0 Å². The SMILES string of the molecule is O=[N+]([O-])c1cc([SiH2]O)cc([N+](=O)[O-])c1. The second-order valence-corrected chi connectivity index (χ2v) is 3.66. The first-order chi connectivity index (χ1) is 6.54. The second-order valence-electron chi connectivity index (χ2n) is 2.53. The highest BCUT2D eigenvalue weighted by Crippen LogP contribution is 2.17. The Morgan fingerprint density at radius 3 is 1.79 bits per heavy atom. The van der Waals surface area contributed by atoms with E-state index in [1.54, 1.807) is 0 Å². The van der Waals surface area contributed by atoms with Crippen molar-refractivity contribution in [2.75, 3.05) is 0 Å². The van der Waals surface area contributed by atoms with Gasteiger partial charge in [0, 0.05) is 12.1 Å². The number of nitrogens with zero attached hydrogens (tertiary/aromatic N) is 2. The molecule has 0 heterocycles. The van der Waals surface area contributed by atoms with Gasteiger partial charge in [-0.05, 0) is 5.19 Å². The maximum atomic E-state index is 10.4. The smallest absolute Gasteiger partial charge is 0.276 e. The number of nitro groups is 2. The molecule has 14 heavy (non-hydrogen) atoms. The quantitative estimate of drug-likeness (QED) is 0.403. The fraction of sp³-hybridized carbons (Fsp3) is 0. The summed E-state index contributed by atoms with van der Waals surface area (Å²) in [7, 11) is -1.62. The minimum atomic E-state index is -1.62. The first-order valence-corrected chi connectivity index (χ1v) is 4.92. The Labute approximate surface area is 80.2 Å². The number of rotatable bonds is 3. The molecule has 1 N–H and O–H groups in total. The summed E-state index contributed by atoms with van der Waals surface area (Å²) in [6.07, 6.45) is 0. The van der Waals surface area contributed by atoms with Crippen molar-refractivity contribution in [3.63, 3.8) is 0 Å². The zero-order valence-corrected chi connectivity index (χ0v) is 8.33. The lowest BCUT2D eigenvalue weighted by Crippen LogP contribution is -2.14. The Kier molecular flexibility index (Phi) is 2.89. The molecule has 0 amide bonds. The summed E-state index contributed by atoms with van der Waals surface area (Å²) in [5, 5.41) is 21.0. The van der Waals surface area contributed by atoms with Crippen molar-refractivity contribution in [2.24, 2.45) is 0 Å². The van der Waals surface area contributed by atoms with Crippen molar-refractivity contribution in [1.29, 1.82) is 0 Å². The van der Waals surface area contributed by atoms with Crippen LogP contribution in [-0.4, -0.2) is 24.4 Å². The molecule has 1 aromatic rings. The molecule has 0 spiro atoms. The Morgan fingerprint density at radius 2 is 1.50 bits per heavy atom. The Morgan fingerprint density at radius 1 is 1.07 bits per heavy atom. The second kappa shape index (κ2) is 3.94. The van der Waals surface area contributed by atoms with E-state index < -0.39 is 19.6 Å². The van der Waals surface area contributed by atoms with E-state index >= 15 is 0 Å². The lowest BCUT2D eigenvalue weighted by Gasteiger charge is -1.96. The largest absolute Gasteiger partial charge is 0.433 e. The molecule has 0 atom stereocenters. The minimum absolute atomic E-state index is 0.283. The molecule has 0 bridgehead atoms. The highest BCUT2D eigenvalue weighted by Gasteiger charge is 2.15. The van der Waals surface area contributed by atoms with Crippen LogP contribution >= 0.6 is 0 Å². The normalized spacial score (nSPS) is 10.6. The van der Waals surface area contributed by atoms with E-state index in [0.717, 1.165) is 18.2 Å². The summed E-state index contributed by atoms with van der Waals surface area (Å²) in [4.78, 5) is 28.1. The molecule has 1 rings (SSSR count). The van der Waals surface area contributed by atoms with Gasteiger partial charge >= 0.3 is 0 Å². The molecular formula is C6H6N2O5Si. The van der Waals surface area contributed by atoms with E-state index in [1.807, 2.05) is 0 Å². The number of nitro benzene ring substituents is 2. The van der Waals surface area contributed by atoms with E-state index in [4.69, 9.17) is 4.80 Å². The van der Waals surface area contributed by atoms with E-state index in [2.05, 4.69) is 0 Å². The molecule has 0 aliphatic rings. The third kappa shape index (κ3) is 2.11. The Bertz CT molecular complexity index is 362.